The number of ether oxygens (including phenoxy) is 1. The maximum Gasteiger partial charge on any atom is 0.140 e. The Kier molecular flexibility index (Phi) is 6.96. The summed E-state index contributed by atoms with van der Waals surface area (Å²) in [5.74, 6) is -1.44. The molecule has 0 saturated carbocycles. The molecule has 0 heterocycles. The van der Waals surface area contributed by atoms with Crippen molar-refractivity contribution in [1.29, 1.82) is 0 Å². The molecule has 0 N–H and O–H groups in total. The van der Waals surface area contributed by atoms with Crippen molar-refractivity contribution in [1.82, 2.24) is 0 Å². The van der Waals surface area contributed by atoms with Gasteiger partial charge in [-0.2, -0.15) is 0 Å². The molecule has 4 nitrogen and oxygen atoms in total. The van der Waals surface area contributed by atoms with Gasteiger partial charge in [0, 0.05) is 12.8 Å². The Balaban J connectivity index is 2.40. The number of rotatable bonds is 9. The van der Waals surface area contributed by atoms with E-state index in [1.807, 2.05) is 37.3 Å². The zero-order valence-electron chi connectivity index (χ0n) is 12.8. The Hall–Kier alpha value is -1.81. The Morgan fingerprint density at radius 2 is 1.57 bits per heavy atom. The molecule has 1 aromatic rings. The van der Waals surface area contributed by atoms with E-state index in [2.05, 4.69) is 0 Å². The van der Waals surface area contributed by atoms with Crippen LogP contribution < -0.4 is 0 Å². The van der Waals surface area contributed by atoms with Gasteiger partial charge >= 0.3 is 0 Å². The quantitative estimate of drug-likeness (QED) is 0.656. The lowest BCUT2D eigenvalue weighted by Crippen LogP contribution is -2.24. The van der Waals surface area contributed by atoms with Gasteiger partial charge in [0.15, 0.2) is 0 Å². The molecular weight excluding hydrogens is 268 g/mol. The third kappa shape index (κ3) is 6.45. The summed E-state index contributed by atoms with van der Waals surface area (Å²) in [7, 11) is 0. The van der Waals surface area contributed by atoms with E-state index >= 15 is 0 Å². The first-order chi connectivity index (χ1) is 9.90. The number of carbonyl (C=O) groups is 3. The number of benzene rings is 1. The van der Waals surface area contributed by atoms with Gasteiger partial charge in [-0.1, -0.05) is 30.3 Å². The van der Waals surface area contributed by atoms with Crippen molar-refractivity contribution < 1.29 is 19.1 Å². The van der Waals surface area contributed by atoms with E-state index in [1.54, 1.807) is 0 Å². The van der Waals surface area contributed by atoms with Gasteiger partial charge in [0.2, 0.25) is 0 Å². The van der Waals surface area contributed by atoms with Crippen LogP contribution >= 0.6 is 0 Å². The molecule has 0 bridgehead atoms. The van der Waals surface area contributed by atoms with Gasteiger partial charge in [0.25, 0.3) is 0 Å². The van der Waals surface area contributed by atoms with Crippen LogP contribution in [-0.2, 0) is 25.7 Å². The molecule has 21 heavy (non-hydrogen) atoms. The number of ketones is 3. The van der Waals surface area contributed by atoms with E-state index in [9.17, 15) is 14.4 Å². The first-order valence-corrected chi connectivity index (χ1v) is 7.08. The minimum absolute atomic E-state index is 0.0241. The van der Waals surface area contributed by atoms with E-state index in [-0.39, 0.29) is 36.3 Å². The lowest BCUT2D eigenvalue weighted by molar-refractivity contribution is -0.135. The fourth-order valence-electron chi connectivity index (χ4n) is 2.08. The van der Waals surface area contributed by atoms with Crippen molar-refractivity contribution in [3.05, 3.63) is 35.9 Å². The first kappa shape index (κ1) is 17.2. The highest BCUT2D eigenvalue weighted by Gasteiger charge is 2.23. The Morgan fingerprint density at radius 3 is 2.10 bits per heavy atom. The lowest BCUT2D eigenvalue weighted by Gasteiger charge is -2.14. The molecule has 0 aromatic heterocycles. The van der Waals surface area contributed by atoms with Crippen LogP contribution in [0.4, 0.5) is 0 Å². The number of Topliss-reactive ketones (excluding diaryl/α,β-unsaturated/α-hetero) is 3. The van der Waals surface area contributed by atoms with Crippen LogP contribution in [0, 0.1) is 5.92 Å². The second kappa shape index (κ2) is 8.47. The van der Waals surface area contributed by atoms with Crippen LogP contribution in [0.5, 0.6) is 0 Å². The van der Waals surface area contributed by atoms with E-state index in [1.165, 1.54) is 13.8 Å². The Labute approximate surface area is 125 Å². The third-order valence-corrected chi connectivity index (χ3v) is 3.31. The molecule has 0 fully saturated rings. The molecule has 0 amide bonds. The molecule has 0 aliphatic carbocycles. The lowest BCUT2D eigenvalue weighted by atomic mass is 9.93. The Bertz CT molecular complexity index is 479. The van der Waals surface area contributed by atoms with E-state index < -0.39 is 5.92 Å². The van der Waals surface area contributed by atoms with E-state index in [4.69, 9.17) is 4.74 Å². The zero-order chi connectivity index (χ0) is 15.8. The van der Waals surface area contributed by atoms with Gasteiger partial charge in [-0.3, -0.25) is 14.4 Å². The van der Waals surface area contributed by atoms with Gasteiger partial charge in [-0.15, -0.1) is 0 Å². The maximum atomic E-state index is 11.9. The predicted molar refractivity (Wildman–Crippen MR) is 79.8 cm³/mol. The molecule has 1 atom stereocenters. The van der Waals surface area contributed by atoms with Gasteiger partial charge in [-0.05, 0) is 26.3 Å². The van der Waals surface area contributed by atoms with Crippen LogP contribution in [0.15, 0.2) is 30.3 Å². The summed E-state index contributed by atoms with van der Waals surface area (Å²) in [5, 5.41) is 0. The molecule has 0 saturated heterocycles. The highest BCUT2D eigenvalue weighted by molar-refractivity contribution is 6.03. The SMILES string of the molecule is CC(=O)C(CC(=O)C[C@H](C)OCc1ccccc1)C(C)=O. The summed E-state index contributed by atoms with van der Waals surface area (Å²) < 4.78 is 5.61. The largest absolute Gasteiger partial charge is 0.373 e. The molecule has 0 radical (unpaired) electrons. The highest BCUT2D eigenvalue weighted by Crippen LogP contribution is 2.12. The van der Waals surface area contributed by atoms with Gasteiger partial charge < -0.3 is 4.74 Å². The molecule has 1 aromatic carbocycles. The minimum atomic E-state index is -0.807. The highest BCUT2D eigenvalue weighted by atomic mass is 16.5. The van der Waals surface area contributed by atoms with E-state index in [0.717, 1.165) is 5.56 Å². The summed E-state index contributed by atoms with van der Waals surface area (Å²) in [5.41, 5.74) is 1.04. The molecule has 0 aliphatic rings. The maximum absolute atomic E-state index is 11.9. The van der Waals surface area contributed by atoms with Gasteiger partial charge in [0.1, 0.15) is 17.3 Å². The summed E-state index contributed by atoms with van der Waals surface area (Å²) in [6.07, 6.45) is -0.0505. The molecule has 0 unspecified atom stereocenters. The molecular formula is C17H22O4. The summed E-state index contributed by atoms with van der Waals surface area (Å²) >= 11 is 0. The summed E-state index contributed by atoms with van der Waals surface area (Å²) in [4.78, 5) is 34.5. The molecule has 4 heteroatoms. The topological polar surface area (TPSA) is 60.4 Å². The van der Waals surface area contributed by atoms with Crippen LogP contribution in [0.25, 0.3) is 0 Å². The third-order valence-electron chi connectivity index (χ3n) is 3.31. The van der Waals surface area contributed by atoms with Crippen molar-refractivity contribution >= 4 is 17.3 Å². The Morgan fingerprint density at radius 1 is 1.00 bits per heavy atom. The molecule has 1 rings (SSSR count). The zero-order valence-corrected chi connectivity index (χ0v) is 12.8. The number of hydrogen-bond acceptors (Lipinski definition) is 4. The summed E-state index contributed by atoms with van der Waals surface area (Å²) in [6, 6.07) is 9.70. The fourth-order valence-corrected chi connectivity index (χ4v) is 2.08. The predicted octanol–water partition coefficient (Wildman–Crippen LogP) is 2.74. The number of carbonyl (C=O) groups excluding carboxylic acids is 3. The first-order valence-electron chi connectivity index (χ1n) is 7.08. The average Bonchev–Trinajstić information content (AvgIpc) is 2.43. The normalized spacial score (nSPS) is 12.2. The van der Waals surface area contributed by atoms with E-state index in [0.29, 0.717) is 6.61 Å². The van der Waals surface area contributed by atoms with Gasteiger partial charge in [0.05, 0.1) is 18.6 Å². The fraction of sp³-hybridized carbons (Fsp3) is 0.471. The van der Waals surface area contributed by atoms with Crippen molar-refractivity contribution in [3.63, 3.8) is 0 Å². The van der Waals surface area contributed by atoms with Crippen LogP contribution in [0.3, 0.4) is 0 Å². The molecule has 0 aliphatic heterocycles. The van der Waals surface area contributed by atoms with Crippen molar-refractivity contribution in [2.45, 2.75) is 46.3 Å². The van der Waals surface area contributed by atoms with Gasteiger partial charge in [-0.25, -0.2) is 0 Å². The molecule has 0 spiro atoms. The second-order valence-corrected chi connectivity index (χ2v) is 5.33. The smallest absolute Gasteiger partial charge is 0.140 e. The van der Waals surface area contributed by atoms with Crippen LogP contribution in [0.2, 0.25) is 0 Å². The average molecular weight is 290 g/mol. The van der Waals surface area contributed by atoms with Crippen molar-refractivity contribution in [2.75, 3.05) is 0 Å². The van der Waals surface area contributed by atoms with Crippen molar-refractivity contribution in [3.8, 4) is 0 Å². The van der Waals surface area contributed by atoms with Crippen LogP contribution in [-0.4, -0.2) is 23.5 Å². The van der Waals surface area contributed by atoms with Crippen molar-refractivity contribution in [2.24, 2.45) is 5.92 Å². The number of hydrogen-bond donors (Lipinski definition) is 0. The minimum Gasteiger partial charge on any atom is -0.373 e. The monoisotopic (exact) mass is 290 g/mol. The molecule has 114 valence electrons. The van der Waals surface area contributed by atoms with Crippen LogP contribution in [0.1, 0.15) is 39.2 Å². The standard InChI is InChI=1S/C17H22O4/c1-12(21-11-15-7-5-4-6-8-15)9-16(20)10-17(13(2)18)14(3)19/h4-8,12,17H,9-11H2,1-3H3/t12-/m0/s1. The second-order valence-electron chi connectivity index (χ2n) is 5.33. The summed E-state index contributed by atoms with van der Waals surface area (Å²) in [6.45, 7) is 4.94.